The molecule has 7 nitrogen and oxygen atoms in total. The largest absolute Gasteiger partial charge is 0.508 e. The van der Waals surface area contributed by atoms with E-state index in [1.54, 1.807) is 24.7 Å². The van der Waals surface area contributed by atoms with Gasteiger partial charge in [-0.25, -0.2) is 4.98 Å². The number of likely N-dealkylation sites (tertiary alicyclic amines) is 1. The van der Waals surface area contributed by atoms with Crippen molar-refractivity contribution in [2.75, 3.05) is 6.54 Å². The molecule has 32 heavy (non-hydrogen) atoms. The molecule has 1 amide bonds. The number of phenolic OH excluding ortho intramolecular Hbond substituents is 1. The summed E-state index contributed by atoms with van der Waals surface area (Å²) in [5.74, 6) is -1.44. The van der Waals surface area contributed by atoms with Crippen molar-refractivity contribution in [3.63, 3.8) is 0 Å². The number of nitrogens with zero attached hydrogens (tertiary/aromatic N) is 3. The van der Waals surface area contributed by atoms with Gasteiger partial charge in [0.25, 0.3) is 11.7 Å². The van der Waals surface area contributed by atoms with Crippen LogP contribution in [0.25, 0.3) is 5.76 Å². The molecule has 1 saturated heterocycles. The second-order valence-corrected chi connectivity index (χ2v) is 8.06. The Kier molecular flexibility index (Phi) is 5.81. The van der Waals surface area contributed by atoms with Gasteiger partial charge in [-0.3, -0.25) is 9.59 Å². The second kappa shape index (κ2) is 8.70. The first-order chi connectivity index (χ1) is 15.4. The van der Waals surface area contributed by atoms with Crippen molar-refractivity contribution in [2.24, 2.45) is 0 Å². The Morgan fingerprint density at radius 3 is 2.50 bits per heavy atom. The summed E-state index contributed by atoms with van der Waals surface area (Å²) in [6.45, 7) is 4.73. The fraction of sp³-hybridized carbons (Fsp3) is 0.240. The summed E-state index contributed by atoms with van der Waals surface area (Å²) in [6, 6.07) is 11.2. The number of Topliss-reactive ketones (excluding diaryl/α,β-unsaturated/α-hetero) is 1. The van der Waals surface area contributed by atoms with Crippen LogP contribution in [0.3, 0.4) is 0 Å². The monoisotopic (exact) mass is 431 g/mol. The lowest BCUT2D eigenvalue weighted by atomic mass is 9.93. The van der Waals surface area contributed by atoms with Crippen LogP contribution < -0.4 is 0 Å². The van der Waals surface area contributed by atoms with E-state index in [0.29, 0.717) is 30.6 Å². The zero-order valence-corrected chi connectivity index (χ0v) is 18.0. The average molecular weight is 431 g/mol. The van der Waals surface area contributed by atoms with Gasteiger partial charge >= 0.3 is 0 Å². The lowest BCUT2D eigenvalue weighted by molar-refractivity contribution is -0.139. The number of ketones is 1. The predicted octanol–water partition coefficient (Wildman–Crippen LogP) is 3.72. The summed E-state index contributed by atoms with van der Waals surface area (Å²) in [6.07, 6.45) is 5.84. The Morgan fingerprint density at radius 2 is 1.81 bits per heavy atom. The van der Waals surface area contributed by atoms with Crippen LogP contribution in [0.1, 0.15) is 34.7 Å². The van der Waals surface area contributed by atoms with Gasteiger partial charge in [0.15, 0.2) is 0 Å². The molecular weight excluding hydrogens is 406 g/mol. The minimum absolute atomic E-state index is 0.0667. The van der Waals surface area contributed by atoms with Crippen molar-refractivity contribution >= 4 is 17.4 Å². The number of carbonyl (C=O) groups is 2. The van der Waals surface area contributed by atoms with Crippen LogP contribution in [-0.4, -0.2) is 42.9 Å². The average Bonchev–Trinajstić information content (AvgIpc) is 3.38. The van der Waals surface area contributed by atoms with Gasteiger partial charge in [0, 0.05) is 31.0 Å². The van der Waals surface area contributed by atoms with E-state index in [1.807, 2.05) is 42.8 Å². The summed E-state index contributed by atoms with van der Waals surface area (Å²) in [5.41, 5.74) is 3.00. The highest BCUT2D eigenvalue weighted by molar-refractivity contribution is 6.46. The van der Waals surface area contributed by atoms with Gasteiger partial charge in [-0.05, 0) is 49.6 Å². The maximum absolute atomic E-state index is 13.1. The normalized spacial score (nSPS) is 17.8. The SMILES string of the molecule is Cc1ccc(C)c(C(O)=C2C(=O)C(=O)N(CCCn3ccnc3)[C@@H]2c2ccc(O)cc2)c1. The number of carbonyl (C=O) groups excluding carboxylic acids is 2. The Hall–Kier alpha value is -3.87. The topological polar surface area (TPSA) is 95.7 Å². The standard InChI is InChI=1S/C25H25N3O4/c1-16-4-5-17(2)20(14-16)23(30)21-22(18-6-8-19(29)9-7-18)28(25(32)24(21)31)12-3-11-27-13-10-26-15-27/h4-10,13-15,22,29-30H,3,11-12H2,1-2H3/t22-/m1/s1. The first-order valence-electron chi connectivity index (χ1n) is 10.5. The smallest absolute Gasteiger partial charge is 0.295 e. The molecule has 1 fully saturated rings. The summed E-state index contributed by atoms with van der Waals surface area (Å²) >= 11 is 0. The molecule has 1 atom stereocenters. The number of aromatic hydroxyl groups is 1. The fourth-order valence-corrected chi connectivity index (χ4v) is 4.09. The van der Waals surface area contributed by atoms with E-state index in [2.05, 4.69) is 4.98 Å². The van der Waals surface area contributed by atoms with E-state index in [0.717, 1.165) is 11.1 Å². The Morgan fingerprint density at radius 1 is 1.06 bits per heavy atom. The number of hydrogen-bond acceptors (Lipinski definition) is 5. The zero-order chi connectivity index (χ0) is 22.8. The molecule has 1 aliphatic heterocycles. The van der Waals surface area contributed by atoms with Crippen LogP contribution in [0.15, 0.2) is 66.8 Å². The van der Waals surface area contributed by atoms with E-state index in [-0.39, 0.29) is 17.1 Å². The van der Waals surface area contributed by atoms with Crippen LogP contribution in [-0.2, 0) is 16.1 Å². The summed E-state index contributed by atoms with van der Waals surface area (Å²) in [4.78, 5) is 31.6. The van der Waals surface area contributed by atoms with E-state index in [9.17, 15) is 19.8 Å². The molecule has 2 heterocycles. The number of amides is 1. The Bertz CT molecular complexity index is 1180. The molecule has 1 aromatic heterocycles. The molecule has 2 N–H and O–H groups in total. The summed E-state index contributed by atoms with van der Waals surface area (Å²) < 4.78 is 1.91. The van der Waals surface area contributed by atoms with Gasteiger partial charge in [0.1, 0.15) is 11.5 Å². The van der Waals surface area contributed by atoms with Crippen molar-refractivity contribution in [1.29, 1.82) is 0 Å². The molecule has 1 aliphatic rings. The molecule has 3 aromatic rings. The van der Waals surface area contributed by atoms with Crippen molar-refractivity contribution in [2.45, 2.75) is 32.9 Å². The second-order valence-electron chi connectivity index (χ2n) is 8.06. The maximum atomic E-state index is 13.1. The number of rotatable bonds is 6. The number of aryl methyl sites for hydroxylation is 3. The highest BCUT2D eigenvalue weighted by Gasteiger charge is 2.45. The van der Waals surface area contributed by atoms with Gasteiger partial charge in [-0.1, -0.05) is 29.8 Å². The third-order valence-electron chi connectivity index (χ3n) is 5.77. The van der Waals surface area contributed by atoms with Gasteiger partial charge in [-0.15, -0.1) is 0 Å². The first-order valence-corrected chi connectivity index (χ1v) is 10.5. The third kappa shape index (κ3) is 4.01. The summed E-state index contributed by atoms with van der Waals surface area (Å²) in [5, 5.41) is 20.9. The molecule has 164 valence electrons. The van der Waals surface area contributed by atoms with Crippen LogP contribution in [0.4, 0.5) is 0 Å². The highest BCUT2D eigenvalue weighted by Crippen LogP contribution is 2.40. The molecule has 0 radical (unpaired) electrons. The molecule has 0 spiro atoms. The zero-order valence-electron chi connectivity index (χ0n) is 18.0. The van der Waals surface area contributed by atoms with Gasteiger partial charge < -0.3 is 19.7 Å². The van der Waals surface area contributed by atoms with Crippen LogP contribution in [0.5, 0.6) is 5.75 Å². The quantitative estimate of drug-likeness (QED) is 0.352. The number of imidazole rings is 1. The molecule has 0 unspecified atom stereocenters. The molecule has 0 saturated carbocycles. The van der Waals surface area contributed by atoms with Crippen molar-refractivity contribution in [3.8, 4) is 5.75 Å². The number of benzene rings is 2. The number of aliphatic hydroxyl groups excluding tert-OH is 1. The van der Waals surface area contributed by atoms with Crippen LogP contribution in [0, 0.1) is 13.8 Å². The Labute approximate surface area is 186 Å². The first kappa shape index (κ1) is 21.4. The molecule has 0 bridgehead atoms. The molecular formula is C25H25N3O4. The lowest BCUT2D eigenvalue weighted by Crippen LogP contribution is -2.31. The Balaban J connectivity index is 1.76. The number of aliphatic hydroxyl groups is 1. The molecule has 0 aliphatic carbocycles. The maximum Gasteiger partial charge on any atom is 0.295 e. The van der Waals surface area contributed by atoms with Gasteiger partial charge in [-0.2, -0.15) is 0 Å². The predicted molar refractivity (Wildman–Crippen MR) is 120 cm³/mol. The minimum atomic E-state index is -0.738. The number of phenols is 1. The van der Waals surface area contributed by atoms with Crippen molar-refractivity contribution < 1.29 is 19.8 Å². The van der Waals surface area contributed by atoms with Crippen LogP contribution >= 0.6 is 0 Å². The van der Waals surface area contributed by atoms with E-state index >= 15 is 0 Å². The van der Waals surface area contributed by atoms with Crippen LogP contribution in [0.2, 0.25) is 0 Å². The van der Waals surface area contributed by atoms with Gasteiger partial charge in [0.2, 0.25) is 0 Å². The number of aromatic nitrogens is 2. The third-order valence-corrected chi connectivity index (χ3v) is 5.77. The summed E-state index contributed by atoms with van der Waals surface area (Å²) in [7, 11) is 0. The van der Waals surface area contributed by atoms with Crippen molar-refractivity contribution in [1.82, 2.24) is 14.5 Å². The van der Waals surface area contributed by atoms with Crippen molar-refractivity contribution in [3.05, 3.63) is 89.0 Å². The number of hydrogen-bond donors (Lipinski definition) is 2. The fourth-order valence-electron chi connectivity index (χ4n) is 4.09. The molecule has 7 heteroatoms. The highest BCUT2D eigenvalue weighted by atomic mass is 16.3. The van der Waals surface area contributed by atoms with E-state index in [1.165, 1.54) is 17.0 Å². The minimum Gasteiger partial charge on any atom is -0.508 e. The molecule has 2 aromatic carbocycles. The van der Waals surface area contributed by atoms with E-state index < -0.39 is 17.7 Å². The molecule has 4 rings (SSSR count). The lowest BCUT2D eigenvalue weighted by Gasteiger charge is -2.25. The van der Waals surface area contributed by atoms with E-state index in [4.69, 9.17) is 0 Å². The van der Waals surface area contributed by atoms with Gasteiger partial charge in [0.05, 0.1) is 17.9 Å².